The normalized spacial score (nSPS) is 13.5. The molecule has 2 atom stereocenters. The summed E-state index contributed by atoms with van der Waals surface area (Å²) in [6, 6.07) is 7.50. The molecule has 4 nitrogen and oxygen atoms in total. The van der Waals surface area contributed by atoms with Crippen LogP contribution in [0.4, 0.5) is 0 Å². The Kier molecular flexibility index (Phi) is 6.02. The maximum absolute atomic E-state index is 11.2. The number of esters is 2. The first-order valence-corrected chi connectivity index (χ1v) is 6.77. The Morgan fingerprint density at radius 3 is 2.11 bits per heavy atom. The first kappa shape index (κ1) is 15.7. The van der Waals surface area contributed by atoms with Crippen LogP contribution in [0.5, 0.6) is 0 Å². The van der Waals surface area contributed by atoms with Crippen LogP contribution in [0.15, 0.2) is 28.7 Å². The van der Waals surface area contributed by atoms with Gasteiger partial charge in [-0.1, -0.05) is 28.1 Å². The standard InChI is InChI=1S/C14H17BrO4/c1-9(18-10(2)16)8-14(19-11(3)17)12-4-6-13(15)7-5-12/h4-7,9,14H,8H2,1-3H3. The van der Waals surface area contributed by atoms with E-state index in [4.69, 9.17) is 9.47 Å². The van der Waals surface area contributed by atoms with E-state index in [1.165, 1.54) is 13.8 Å². The van der Waals surface area contributed by atoms with Crippen LogP contribution in [0.2, 0.25) is 0 Å². The van der Waals surface area contributed by atoms with Crippen molar-refractivity contribution in [3.8, 4) is 0 Å². The zero-order chi connectivity index (χ0) is 14.4. The molecule has 1 rings (SSSR count). The van der Waals surface area contributed by atoms with Crippen LogP contribution in [0, 0.1) is 0 Å². The van der Waals surface area contributed by atoms with Crippen molar-refractivity contribution < 1.29 is 19.1 Å². The van der Waals surface area contributed by atoms with Crippen molar-refractivity contribution in [1.29, 1.82) is 0 Å². The monoisotopic (exact) mass is 328 g/mol. The number of hydrogen-bond acceptors (Lipinski definition) is 4. The molecule has 0 radical (unpaired) electrons. The number of carbonyl (C=O) groups excluding carboxylic acids is 2. The van der Waals surface area contributed by atoms with Gasteiger partial charge in [0.05, 0.1) is 0 Å². The minimum absolute atomic E-state index is 0.314. The Bertz CT molecular complexity index is 441. The second-order valence-electron chi connectivity index (χ2n) is 4.31. The lowest BCUT2D eigenvalue weighted by Gasteiger charge is -2.21. The molecule has 0 aliphatic rings. The Balaban J connectivity index is 2.79. The quantitative estimate of drug-likeness (QED) is 0.777. The average molecular weight is 329 g/mol. The summed E-state index contributed by atoms with van der Waals surface area (Å²) in [5.41, 5.74) is 0.873. The van der Waals surface area contributed by atoms with Gasteiger partial charge >= 0.3 is 11.9 Å². The fourth-order valence-electron chi connectivity index (χ4n) is 1.76. The molecule has 1 aromatic carbocycles. The van der Waals surface area contributed by atoms with Gasteiger partial charge in [0.15, 0.2) is 0 Å². The van der Waals surface area contributed by atoms with Crippen LogP contribution in [-0.4, -0.2) is 18.0 Å². The molecule has 19 heavy (non-hydrogen) atoms. The lowest BCUT2D eigenvalue weighted by Crippen LogP contribution is -2.19. The lowest BCUT2D eigenvalue weighted by molar-refractivity contribution is -0.152. The zero-order valence-electron chi connectivity index (χ0n) is 11.2. The summed E-state index contributed by atoms with van der Waals surface area (Å²) in [6.07, 6.45) is -0.300. The number of benzene rings is 1. The summed E-state index contributed by atoms with van der Waals surface area (Å²) in [7, 11) is 0. The molecule has 2 unspecified atom stereocenters. The van der Waals surface area contributed by atoms with Gasteiger partial charge in [-0.2, -0.15) is 0 Å². The van der Waals surface area contributed by atoms with Crippen molar-refractivity contribution in [3.63, 3.8) is 0 Å². The fraction of sp³-hybridized carbons (Fsp3) is 0.429. The van der Waals surface area contributed by atoms with Crippen molar-refractivity contribution in [2.75, 3.05) is 0 Å². The van der Waals surface area contributed by atoms with Gasteiger partial charge in [0.2, 0.25) is 0 Å². The fourth-order valence-corrected chi connectivity index (χ4v) is 2.03. The summed E-state index contributed by atoms with van der Waals surface area (Å²) >= 11 is 3.35. The van der Waals surface area contributed by atoms with Crippen molar-refractivity contribution >= 4 is 27.9 Å². The van der Waals surface area contributed by atoms with Gasteiger partial charge in [0.25, 0.3) is 0 Å². The van der Waals surface area contributed by atoms with Crippen LogP contribution in [0.25, 0.3) is 0 Å². The third-order valence-electron chi connectivity index (χ3n) is 2.46. The largest absolute Gasteiger partial charge is 0.463 e. The molecular formula is C14H17BrO4. The Hall–Kier alpha value is -1.36. The Morgan fingerprint density at radius 2 is 1.63 bits per heavy atom. The van der Waals surface area contributed by atoms with E-state index in [-0.39, 0.29) is 18.0 Å². The average Bonchev–Trinajstić information content (AvgIpc) is 2.27. The molecule has 0 heterocycles. The first-order valence-electron chi connectivity index (χ1n) is 5.98. The second kappa shape index (κ2) is 7.28. The van der Waals surface area contributed by atoms with E-state index in [2.05, 4.69) is 15.9 Å². The van der Waals surface area contributed by atoms with E-state index in [1.54, 1.807) is 6.92 Å². The topological polar surface area (TPSA) is 52.6 Å². The van der Waals surface area contributed by atoms with Crippen LogP contribution in [-0.2, 0) is 19.1 Å². The summed E-state index contributed by atoms with van der Waals surface area (Å²) in [4.78, 5) is 22.1. The Labute approximate surface area is 121 Å². The SMILES string of the molecule is CC(=O)OC(C)CC(OC(C)=O)c1ccc(Br)cc1. The first-order chi connectivity index (χ1) is 8.88. The van der Waals surface area contributed by atoms with Crippen molar-refractivity contribution in [2.45, 2.75) is 39.4 Å². The van der Waals surface area contributed by atoms with E-state index >= 15 is 0 Å². The van der Waals surface area contributed by atoms with E-state index in [1.807, 2.05) is 24.3 Å². The Morgan fingerprint density at radius 1 is 1.11 bits per heavy atom. The van der Waals surface area contributed by atoms with Gasteiger partial charge in [-0.15, -0.1) is 0 Å². The molecule has 0 N–H and O–H groups in total. The molecular weight excluding hydrogens is 312 g/mol. The molecule has 0 saturated heterocycles. The second-order valence-corrected chi connectivity index (χ2v) is 5.22. The summed E-state index contributed by atoms with van der Waals surface area (Å²) in [6.45, 7) is 4.50. The van der Waals surface area contributed by atoms with Gasteiger partial charge in [0, 0.05) is 24.7 Å². The highest BCUT2D eigenvalue weighted by molar-refractivity contribution is 9.10. The molecule has 0 bridgehead atoms. The van der Waals surface area contributed by atoms with Crippen molar-refractivity contribution in [1.82, 2.24) is 0 Å². The molecule has 0 aliphatic carbocycles. The lowest BCUT2D eigenvalue weighted by atomic mass is 10.0. The molecule has 5 heteroatoms. The molecule has 1 aromatic rings. The number of halogens is 1. The third-order valence-corrected chi connectivity index (χ3v) is 2.99. The molecule has 0 aliphatic heterocycles. The highest BCUT2D eigenvalue weighted by atomic mass is 79.9. The third kappa shape index (κ3) is 5.87. The number of rotatable bonds is 5. The van der Waals surface area contributed by atoms with Gasteiger partial charge in [-0.3, -0.25) is 9.59 Å². The number of ether oxygens (including phenoxy) is 2. The molecule has 0 fully saturated rings. The van der Waals surface area contributed by atoms with E-state index in [0.717, 1.165) is 10.0 Å². The van der Waals surface area contributed by atoms with Crippen LogP contribution >= 0.6 is 15.9 Å². The van der Waals surface area contributed by atoms with Crippen molar-refractivity contribution in [2.24, 2.45) is 0 Å². The van der Waals surface area contributed by atoms with Gasteiger partial charge in [-0.25, -0.2) is 0 Å². The minimum atomic E-state index is -0.417. The predicted octanol–water partition coefficient (Wildman–Crippen LogP) is 3.40. The van der Waals surface area contributed by atoms with Crippen molar-refractivity contribution in [3.05, 3.63) is 34.3 Å². The zero-order valence-corrected chi connectivity index (χ0v) is 12.8. The van der Waals surface area contributed by atoms with E-state index < -0.39 is 6.10 Å². The number of carbonyl (C=O) groups is 2. The highest BCUT2D eigenvalue weighted by Gasteiger charge is 2.19. The summed E-state index contributed by atoms with van der Waals surface area (Å²) in [5.74, 6) is -0.701. The van der Waals surface area contributed by atoms with Gasteiger partial charge in [-0.05, 0) is 24.6 Å². The van der Waals surface area contributed by atoms with Gasteiger partial charge < -0.3 is 9.47 Å². The van der Waals surface area contributed by atoms with Crippen LogP contribution < -0.4 is 0 Å². The van der Waals surface area contributed by atoms with Gasteiger partial charge in [0.1, 0.15) is 12.2 Å². The number of hydrogen-bond donors (Lipinski definition) is 0. The molecule has 0 aromatic heterocycles. The molecule has 0 spiro atoms. The smallest absolute Gasteiger partial charge is 0.303 e. The van der Waals surface area contributed by atoms with Crippen LogP contribution in [0.3, 0.4) is 0 Å². The van der Waals surface area contributed by atoms with E-state index in [9.17, 15) is 9.59 Å². The maximum Gasteiger partial charge on any atom is 0.303 e. The van der Waals surface area contributed by atoms with E-state index in [0.29, 0.717) is 6.42 Å². The molecule has 0 amide bonds. The molecule has 0 saturated carbocycles. The summed E-state index contributed by atoms with van der Waals surface area (Å²) in [5, 5.41) is 0. The highest BCUT2D eigenvalue weighted by Crippen LogP contribution is 2.25. The summed E-state index contributed by atoms with van der Waals surface area (Å²) < 4.78 is 11.3. The molecule has 104 valence electrons. The van der Waals surface area contributed by atoms with Crippen LogP contribution in [0.1, 0.15) is 38.9 Å². The predicted molar refractivity (Wildman–Crippen MR) is 74.5 cm³/mol. The minimum Gasteiger partial charge on any atom is -0.463 e. The maximum atomic E-state index is 11.2.